The summed E-state index contributed by atoms with van der Waals surface area (Å²) < 4.78 is 5.66. The summed E-state index contributed by atoms with van der Waals surface area (Å²) in [7, 11) is 0. The summed E-state index contributed by atoms with van der Waals surface area (Å²) in [5, 5.41) is 26.4. The minimum Gasteiger partial charge on any atom is -0.455 e. The second kappa shape index (κ2) is 7.89. The first-order chi connectivity index (χ1) is 13.3. The molecule has 9 nitrogen and oxygen atoms in total. The van der Waals surface area contributed by atoms with Crippen LogP contribution in [0.25, 0.3) is 11.3 Å². The average Bonchev–Trinajstić information content (AvgIpc) is 3.12. The van der Waals surface area contributed by atoms with Crippen molar-refractivity contribution in [2.75, 3.05) is 5.43 Å². The van der Waals surface area contributed by atoms with Gasteiger partial charge in [-0.05, 0) is 36.8 Å². The van der Waals surface area contributed by atoms with Crippen molar-refractivity contribution < 1.29 is 14.3 Å². The van der Waals surface area contributed by atoms with E-state index in [-0.39, 0.29) is 11.4 Å². The fourth-order valence-corrected chi connectivity index (χ4v) is 2.55. The number of nitro benzene ring substituents is 2. The molecule has 28 heavy (non-hydrogen) atoms. The molecule has 10 heteroatoms. The van der Waals surface area contributed by atoms with Crippen LogP contribution in [0.3, 0.4) is 0 Å². The van der Waals surface area contributed by atoms with Crippen molar-refractivity contribution in [3.63, 3.8) is 0 Å². The minimum atomic E-state index is -0.725. The van der Waals surface area contributed by atoms with Crippen molar-refractivity contribution in [2.45, 2.75) is 6.92 Å². The van der Waals surface area contributed by atoms with Gasteiger partial charge < -0.3 is 4.42 Å². The van der Waals surface area contributed by atoms with Gasteiger partial charge in [0.25, 0.3) is 5.69 Å². The maximum Gasteiger partial charge on any atom is 0.301 e. The van der Waals surface area contributed by atoms with Gasteiger partial charge in [-0.2, -0.15) is 5.10 Å². The Hall–Kier alpha value is -3.72. The highest BCUT2D eigenvalue weighted by molar-refractivity contribution is 6.31. The number of aryl methyl sites for hydroxylation is 1. The lowest BCUT2D eigenvalue weighted by Crippen LogP contribution is -1.98. The lowest BCUT2D eigenvalue weighted by Gasteiger charge is -2.02. The van der Waals surface area contributed by atoms with Gasteiger partial charge in [-0.25, -0.2) is 0 Å². The van der Waals surface area contributed by atoms with Gasteiger partial charge >= 0.3 is 5.69 Å². The van der Waals surface area contributed by atoms with Crippen molar-refractivity contribution in [3.8, 4) is 11.3 Å². The van der Waals surface area contributed by atoms with Crippen molar-refractivity contribution in [1.29, 1.82) is 0 Å². The van der Waals surface area contributed by atoms with E-state index in [1.165, 1.54) is 12.3 Å². The normalized spacial score (nSPS) is 10.9. The summed E-state index contributed by atoms with van der Waals surface area (Å²) in [5.41, 5.74) is 3.43. The van der Waals surface area contributed by atoms with Crippen LogP contribution in [-0.2, 0) is 0 Å². The zero-order valence-corrected chi connectivity index (χ0v) is 15.2. The summed E-state index contributed by atoms with van der Waals surface area (Å²) in [4.78, 5) is 20.4. The number of hydrazone groups is 1. The second-order valence-electron chi connectivity index (χ2n) is 5.75. The summed E-state index contributed by atoms with van der Waals surface area (Å²) in [6.07, 6.45) is 1.34. The Morgan fingerprint density at radius 1 is 1.07 bits per heavy atom. The topological polar surface area (TPSA) is 124 Å². The van der Waals surface area contributed by atoms with Gasteiger partial charge in [0.15, 0.2) is 0 Å². The molecule has 0 atom stereocenters. The number of furan rings is 1. The first-order valence-corrected chi connectivity index (χ1v) is 8.31. The van der Waals surface area contributed by atoms with E-state index in [4.69, 9.17) is 16.0 Å². The van der Waals surface area contributed by atoms with Crippen LogP contribution in [0.2, 0.25) is 5.02 Å². The number of nitrogens with one attached hydrogen (secondary N) is 1. The number of anilines is 1. The number of nitrogens with zero attached hydrogens (tertiary/aromatic N) is 3. The number of benzene rings is 2. The predicted molar refractivity (Wildman–Crippen MR) is 105 cm³/mol. The van der Waals surface area contributed by atoms with Gasteiger partial charge in [0.2, 0.25) is 0 Å². The molecule has 1 N–H and O–H groups in total. The van der Waals surface area contributed by atoms with E-state index >= 15 is 0 Å². The molecule has 0 saturated carbocycles. The Bertz CT molecular complexity index is 1090. The number of hydrogen-bond acceptors (Lipinski definition) is 7. The lowest BCUT2D eigenvalue weighted by molar-refractivity contribution is -0.393. The minimum absolute atomic E-state index is 0.0175. The summed E-state index contributed by atoms with van der Waals surface area (Å²) >= 11 is 6.12. The van der Waals surface area contributed by atoms with E-state index < -0.39 is 15.5 Å². The highest BCUT2D eigenvalue weighted by Crippen LogP contribution is 2.29. The average molecular weight is 401 g/mol. The molecule has 0 radical (unpaired) electrons. The first-order valence-electron chi connectivity index (χ1n) is 7.93. The van der Waals surface area contributed by atoms with Crippen LogP contribution in [0.5, 0.6) is 0 Å². The maximum atomic E-state index is 11.1. The molecule has 3 rings (SSSR count). The maximum absolute atomic E-state index is 11.1. The number of hydrogen-bond donors (Lipinski definition) is 1. The molecule has 0 amide bonds. The summed E-state index contributed by atoms with van der Waals surface area (Å²) in [6.45, 7) is 1.90. The van der Waals surface area contributed by atoms with Gasteiger partial charge in [0.05, 0.1) is 22.1 Å². The molecule has 0 unspecified atom stereocenters. The molecule has 1 aromatic heterocycles. The quantitative estimate of drug-likeness (QED) is 0.345. The van der Waals surface area contributed by atoms with E-state index in [1.54, 1.807) is 18.2 Å². The Labute approximate surface area is 163 Å². The fourth-order valence-electron chi connectivity index (χ4n) is 2.37. The molecule has 0 saturated heterocycles. The lowest BCUT2D eigenvalue weighted by atomic mass is 10.1. The third-order valence-corrected chi connectivity index (χ3v) is 4.26. The molecule has 1 heterocycles. The Kier molecular flexibility index (Phi) is 5.37. The number of non-ortho nitro benzene ring substituents is 1. The van der Waals surface area contributed by atoms with E-state index in [0.29, 0.717) is 16.5 Å². The molecule has 142 valence electrons. The molecular formula is C18H13ClN4O5. The van der Waals surface area contributed by atoms with Gasteiger partial charge in [0.1, 0.15) is 17.2 Å². The van der Waals surface area contributed by atoms with Crippen LogP contribution in [0, 0.1) is 27.2 Å². The predicted octanol–water partition coefficient (Wildman–Crippen LogP) is 5.17. The standard InChI is InChI=1S/C18H13ClN4O5/c1-11-2-3-12(8-15(11)19)18-7-5-14(28-18)10-20-21-16-6-4-13(22(24)25)9-17(16)23(26)27/h2-10,21H,1H3. The third-order valence-electron chi connectivity index (χ3n) is 3.85. The first kappa shape index (κ1) is 19.1. The molecule has 0 aliphatic rings. The van der Waals surface area contributed by atoms with Crippen molar-refractivity contribution in [3.05, 3.63) is 85.1 Å². The zero-order valence-electron chi connectivity index (χ0n) is 14.5. The van der Waals surface area contributed by atoms with E-state index in [1.807, 2.05) is 19.1 Å². The highest BCUT2D eigenvalue weighted by Gasteiger charge is 2.19. The van der Waals surface area contributed by atoms with Crippen LogP contribution in [0.15, 0.2) is 58.0 Å². The van der Waals surface area contributed by atoms with Crippen LogP contribution in [0.4, 0.5) is 17.1 Å². The smallest absolute Gasteiger partial charge is 0.301 e. The van der Waals surface area contributed by atoms with Crippen molar-refractivity contribution in [1.82, 2.24) is 0 Å². The molecule has 2 aromatic carbocycles. The molecule has 0 aliphatic carbocycles. The van der Waals surface area contributed by atoms with Crippen LogP contribution < -0.4 is 5.43 Å². The fraction of sp³-hybridized carbons (Fsp3) is 0.0556. The van der Waals surface area contributed by atoms with Crippen molar-refractivity contribution in [2.24, 2.45) is 5.10 Å². The summed E-state index contributed by atoms with van der Waals surface area (Å²) in [6, 6.07) is 12.2. The molecule has 3 aromatic rings. The van der Waals surface area contributed by atoms with Crippen LogP contribution in [-0.4, -0.2) is 16.1 Å². The van der Waals surface area contributed by atoms with Crippen LogP contribution in [0.1, 0.15) is 11.3 Å². The number of halogens is 1. The monoisotopic (exact) mass is 400 g/mol. The third kappa shape index (κ3) is 4.15. The SMILES string of the molecule is Cc1ccc(-c2ccc(C=NNc3ccc([N+](=O)[O-])cc3[N+](=O)[O-])o2)cc1Cl. The van der Waals surface area contributed by atoms with Crippen LogP contribution >= 0.6 is 11.6 Å². The number of rotatable bonds is 6. The van der Waals surface area contributed by atoms with Gasteiger partial charge in [-0.3, -0.25) is 25.7 Å². The largest absolute Gasteiger partial charge is 0.455 e. The number of nitro groups is 2. The van der Waals surface area contributed by atoms with Gasteiger partial charge in [-0.1, -0.05) is 23.7 Å². The van der Waals surface area contributed by atoms with Gasteiger partial charge in [0, 0.05) is 16.7 Å². The van der Waals surface area contributed by atoms with E-state index in [2.05, 4.69) is 10.5 Å². The van der Waals surface area contributed by atoms with Crippen molar-refractivity contribution >= 4 is 34.9 Å². The Morgan fingerprint density at radius 2 is 1.86 bits per heavy atom. The summed E-state index contributed by atoms with van der Waals surface area (Å²) in [5.74, 6) is 0.994. The molecule has 0 spiro atoms. The molecule has 0 aliphatic heterocycles. The van der Waals surface area contributed by atoms with Gasteiger partial charge in [-0.15, -0.1) is 0 Å². The molecular weight excluding hydrogens is 388 g/mol. The molecule has 0 fully saturated rings. The van der Waals surface area contributed by atoms with E-state index in [0.717, 1.165) is 23.3 Å². The molecule has 0 bridgehead atoms. The Morgan fingerprint density at radius 3 is 2.54 bits per heavy atom. The zero-order chi connectivity index (χ0) is 20.3. The van der Waals surface area contributed by atoms with E-state index in [9.17, 15) is 20.2 Å². The Balaban J connectivity index is 1.77. The highest BCUT2D eigenvalue weighted by atomic mass is 35.5. The second-order valence-corrected chi connectivity index (χ2v) is 6.16.